The zero-order valence-corrected chi connectivity index (χ0v) is 21.6. The van der Waals surface area contributed by atoms with Gasteiger partial charge in [0.2, 0.25) is 11.8 Å². The summed E-state index contributed by atoms with van der Waals surface area (Å²) in [5.41, 5.74) is 1.82. The Morgan fingerprint density at radius 2 is 1.69 bits per heavy atom. The molecule has 1 aliphatic rings. The highest BCUT2D eigenvalue weighted by atomic mass is 32.1. The maximum Gasteiger partial charge on any atom is 0.248 e. The lowest BCUT2D eigenvalue weighted by Crippen LogP contribution is -2.47. The van der Waals surface area contributed by atoms with Crippen LogP contribution in [-0.2, 0) is 16.0 Å². The van der Waals surface area contributed by atoms with Crippen molar-refractivity contribution in [1.29, 1.82) is 0 Å². The van der Waals surface area contributed by atoms with Crippen LogP contribution in [0.2, 0.25) is 0 Å². The van der Waals surface area contributed by atoms with Gasteiger partial charge >= 0.3 is 0 Å². The number of rotatable bonds is 9. The molecule has 1 N–H and O–H groups in total. The molecule has 0 saturated heterocycles. The smallest absolute Gasteiger partial charge is 0.248 e. The Kier molecular flexibility index (Phi) is 8.54. The zero-order valence-electron chi connectivity index (χ0n) is 20.7. The molecule has 0 bridgehead atoms. The standard InChI is InChI=1S/C29H32N2O4S/c1-20(32)21-10-14-24(15-11-21)31(27(33)19-26-9-6-18-36-26)28(22-12-16-25(35-2)17-13-22)29(34)30-23-7-4-3-5-8-23/h6,9-18,23,28H,3-5,7-8,19H2,1-2H3,(H,30,34)/t28-/m1/s1. The predicted molar refractivity (Wildman–Crippen MR) is 143 cm³/mol. The van der Waals surface area contributed by atoms with E-state index >= 15 is 0 Å². The van der Waals surface area contributed by atoms with E-state index in [-0.39, 0.29) is 30.1 Å². The van der Waals surface area contributed by atoms with E-state index in [2.05, 4.69) is 5.32 Å². The Labute approximate surface area is 216 Å². The molecule has 1 atom stereocenters. The summed E-state index contributed by atoms with van der Waals surface area (Å²) in [6, 6.07) is 17.2. The third kappa shape index (κ3) is 6.21. The van der Waals surface area contributed by atoms with E-state index in [0.29, 0.717) is 22.6 Å². The Morgan fingerprint density at radius 3 is 2.28 bits per heavy atom. The lowest BCUT2D eigenvalue weighted by molar-refractivity contribution is -0.127. The van der Waals surface area contributed by atoms with Gasteiger partial charge in [0.1, 0.15) is 11.8 Å². The Hall–Kier alpha value is -3.45. The van der Waals surface area contributed by atoms with Crippen LogP contribution in [0.15, 0.2) is 66.0 Å². The first kappa shape index (κ1) is 25.6. The van der Waals surface area contributed by atoms with Crippen LogP contribution >= 0.6 is 11.3 Å². The number of hydrogen-bond donors (Lipinski definition) is 1. The summed E-state index contributed by atoms with van der Waals surface area (Å²) in [7, 11) is 1.59. The van der Waals surface area contributed by atoms with Gasteiger partial charge in [-0.1, -0.05) is 37.5 Å². The van der Waals surface area contributed by atoms with Crippen molar-refractivity contribution in [3.63, 3.8) is 0 Å². The number of carbonyl (C=O) groups is 3. The van der Waals surface area contributed by atoms with Crippen LogP contribution in [0.4, 0.5) is 5.69 Å². The normalized spacial score (nSPS) is 14.6. The fourth-order valence-corrected chi connectivity index (χ4v) is 5.37. The molecular weight excluding hydrogens is 472 g/mol. The summed E-state index contributed by atoms with van der Waals surface area (Å²) in [5, 5.41) is 5.16. The van der Waals surface area contributed by atoms with Gasteiger partial charge in [0.25, 0.3) is 0 Å². The molecule has 2 aromatic carbocycles. The predicted octanol–water partition coefficient (Wildman–Crippen LogP) is 5.73. The van der Waals surface area contributed by atoms with E-state index in [1.165, 1.54) is 24.7 Å². The summed E-state index contributed by atoms with van der Waals surface area (Å²) >= 11 is 1.51. The second-order valence-corrected chi connectivity index (χ2v) is 10.2. The third-order valence-electron chi connectivity index (χ3n) is 6.62. The average molecular weight is 505 g/mol. The lowest BCUT2D eigenvalue weighted by Gasteiger charge is -2.33. The van der Waals surface area contributed by atoms with Gasteiger partial charge in [0, 0.05) is 22.2 Å². The van der Waals surface area contributed by atoms with Crippen LogP contribution < -0.4 is 15.0 Å². The minimum atomic E-state index is -0.867. The summed E-state index contributed by atoms with van der Waals surface area (Å²) < 4.78 is 5.32. The highest BCUT2D eigenvalue weighted by Gasteiger charge is 2.34. The molecule has 0 unspecified atom stereocenters. The van der Waals surface area contributed by atoms with Crippen molar-refractivity contribution in [3.8, 4) is 5.75 Å². The number of carbonyl (C=O) groups excluding carboxylic acids is 3. The number of benzene rings is 2. The number of thiophene rings is 1. The first-order valence-corrected chi connectivity index (χ1v) is 13.2. The van der Waals surface area contributed by atoms with Gasteiger partial charge in [-0.25, -0.2) is 0 Å². The van der Waals surface area contributed by atoms with Gasteiger partial charge in [-0.15, -0.1) is 11.3 Å². The van der Waals surface area contributed by atoms with Crippen LogP contribution in [0.3, 0.4) is 0 Å². The van der Waals surface area contributed by atoms with E-state index in [1.54, 1.807) is 48.4 Å². The van der Waals surface area contributed by atoms with Crippen LogP contribution in [0, 0.1) is 0 Å². The number of anilines is 1. The van der Waals surface area contributed by atoms with Crippen LogP contribution in [0.1, 0.15) is 65.9 Å². The first-order chi connectivity index (χ1) is 17.5. The molecule has 3 aromatic rings. The number of nitrogens with one attached hydrogen (secondary N) is 1. The SMILES string of the molecule is COc1ccc([C@H](C(=O)NC2CCCCC2)N(C(=O)Cc2cccs2)c2ccc(C(C)=O)cc2)cc1. The number of ether oxygens (including phenoxy) is 1. The number of methoxy groups -OCH3 is 1. The highest BCUT2D eigenvalue weighted by molar-refractivity contribution is 7.10. The summed E-state index contributed by atoms with van der Waals surface area (Å²) in [6.07, 6.45) is 5.42. The monoisotopic (exact) mass is 504 g/mol. The van der Waals surface area contributed by atoms with Crippen molar-refractivity contribution in [2.24, 2.45) is 0 Å². The summed E-state index contributed by atoms with van der Waals surface area (Å²) in [6.45, 7) is 1.51. The molecule has 6 nitrogen and oxygen atoms in total. The van der Waals surface area contributed by atoms with E-state index in [0.717, 1.165) is 30.6 Å². The summed E-state index contributed by atoms with van der Waals surface area (Å²) in [4.78, 5) is 42.1. The van der Waals surface area contributed by atoms with Crippen LogP contribution in [0.5, 0.6) is 5.75 Å². The van der Waals surface area contributed by atoms with E-state index in [1.807, 2.05) is 29.6 Å². The number of ketones is 1. The van der Waals surface area contributed by atoms with Gasteiger partial charge < -0.3 is 10.1 Å². The van der Waals surface area contributed by atoms with Gasteiger partial charge in [-0.3, -0.25) is 19.3 Å². The highest BCUT2D eigenvalue weighted by Crippen LogP contribution is 2.31. The number of hydrogen-bond acceptors (Lipinski definition) is 5. The molecule has 36 heavy (non-hydrogen) atoms. The fourth-order valence-electron chi connectivity index (χ4n) is 4.67. The molecule has 7 heteroatoms. The van der Waals surface area contributed by atoms with Crippen molar-refractivity contribution in [3.05, 3.63) is 82.0 Å². The molecule has 1 aliphatic carbocycles. The molecule has 0 aliphatic heterocycles. The zero-order chi connectivity index (χ0) is 25.5. The van der Waals surface area contributed by atoms with Crippen molar-refractivity contribution >= 4 is 34.6 Å². The van der Waals surface area contributed by atoms with Gasteiger partial charge in [0.05, 0.1) is 13.5 Å². The van der Waals surface area contributed by atoms with Gasteiger partial charge in [-0.2, -0.15) is 0 Å². The first-order valence-electron chi connectivity index (χ1n) is 12.4. The fraction of sp³-hybridized carbons (Fsp3) is 0.345. The number of nitrogens with zero attached hydrogens (tertiary/aromatic N) is 1. The van der Waals surface area contributed by atoms with E-state index < -0.39 is 6.04 Å². The molecule has 188 valence electrons. The molecular formula is C29H32N2O4S. The molecule has 4 rings (SSSR count). The van der Waals surface area contributed by atoms with Crippen molar-refractivity contribution in [1.82, 2.24) is 5.32 Å². The average Bonchev–Trinajstić information content (AvgIpc) is 3.41. The third-order valence-corrected chi connectivity index (χ3v) is 7.49. The number of Topliss-reactive ketones (excluding diaryl/α,β-unsaturated/α-hetero) is 1. The van der Waals surface area contributed by atoms with Crippen molar-refractivity contribution in [2.45, 2.75) is 57.5 Å². The maximum atomic E-state index is 13.9. The van der Waals surface area contributed by atoms with Crippen LogP contribution in [-0.4, -0.2) is 30.7 Å². The molecule has 1 saturated carbocycles. The minimum absolute atomic E-state index is 0.0558. The maximum absolute atomic E-state index is 13.9. The quantitative estimate of drug-likeness (QED) is 0.378. The van der Waals surface area contributed by atoms with E-state index in [4.69, 9.17) is 4.74 Å². The van der Waals surface area contributed by atoms with E-state index in [9.17, 15) is 14.4 Å². The van der Waals surface area contributed by atoms with Gasteiger partial charge in [0.15, 0.2) is 5.78 Å². The molecule has 1 heterocycles. The number of amides is 2. The van der Waals surface area contributed by atoms with Gasteiger partial charge in [-0.05, 0) is 73.2 Å². The lowest BCUT2D eigenvalue weighted by atomic mass is 9.94. The molecule has 1 aromatic heterocycles. The Bertz CT molecular complexity index is 1170. The second-order valence-electron chi connectivity index (χ2n) is 9.14. The van der Waals surface area contributed by atoms with Crippen LogP contribution in [0.25, 0.3) is 0 Å². The largest absolute Gasteiger partial charge is 0.497 e. The summed E-state index contributed by atoms with van der Waals surface area (Å²) in [5.74, 6) is 0.224. The second kappa shape index (κ2) is 12.0. The van der Waals surface area contributed by atoms with Crippen molar-refractivity contribution < 1.29 is 19.1 Å². The minimum Gasteiger partial charge on any atom is -0.497 e. The molecule has 1 fully saturated rings. The molecule has 2 amide bonds. The molecule has 0 spiro atoms. The van der Waals surface area contributed by atoms with Crippen molar-refractivity contribution in [2.75, 3.05) is 12.0 Å². The Morgan fingerprint density at radius 1 is 1.00 bits per heavy atom. The Balaban J connectivity index is 1.75. The molecule has 0 radical (unpaired) electrons. The topological polar surface area (TPSA) is 75.7 Å².